The van der Waals surface area contributed by atoms with Gasteiger partial charge in [-0.2, -0.15) is 5.10 Å². The topological polar surface area (TPSA) is 109 Å². The number of fused-ring (bicyclic) bond motifs is 1. The fourth-order valence-corrected chi connectivity index (χ4v) is 3.32. The van der Waals surface area contributed by atoms with Gasteiger partial charge in [-0.25, -0.2) is 9.50 Å². The van der Waals surface area contributed by atoms with Gasteiger partial charge in [0.25, 0.3) is 5.91 Å². The molecule has 0 radical (unpaired) electrons. The lowest BCUT2D eigenvalue weighted by molar-refractivity contribution is -0.117. The highest BCUT2D eigenvalue weighted by atomic mass is 16.5. The number of nitrogens with zero attached hydrogens (tertiary/aromatic N) is 6. The summed E-state index contributed by atoms with van der Waals surface area (Å²) in [5, 5.41) is 10.8. The summed E-state index contributed by atoms with van der Waals surface area (Å²) in [6.07, 6.45) is 3.43. The molecule has 4 heterocycles. The third-order valence-electron chi connectivity index (χ3n) is 4.71. The summed E-state index contributed by atoms with van der Waals surface area (Å²) in [7, 11) is 0. The van der Waals surface area contributed by atoms with Gasteiger partial charge in [0.05, 0.1) is 12.2 Å². The number of hydrogen-bond donors (Lipinski definition) is 1. The number of anilines is 1. The summed E-state index contributed by atoms with van der Waals surface area (Å²) >= 11 is 0. The minimum absolute atomic E-state index is 0.0756. The van der Waals surface area contributed by atoms with E-state index >= 15 is 0 Å². The number of piperazine rings is 1. The molecule has 28 heavy (non-hydrogen) atoms. The van der Waals surface area contributed by atoms with Gasteiger partial charge in [0.15, 0.2) is 11.5 Å². The van der Waals surface area contributed by atoms with Crippen molar-refractivity contribution in [3.63, 3.8) is 0 Å². The second-order valence-corrected chi connectivity index (χ2v) is 6.79. The van der Waals surface area contributed by atoms with Gasteiger partial charge in [-0.05, 0) is 19.9 Å². The zero-order chi connectivity index (χ0) is 19.7. The van der Waals surface area contributed by atoms with Crippen LogP contribution in [-0.2, 0) is 4.79 Å². The Labute approximate surface area is 161 Å². The fourth-order valence-electron chi connectivity index (χ4n) is 3.32. The molecule has 4 rings (SSSR count). The third kappa shape index (κ3) is 3.58. The van der Waals surface area contributed by atoms with Gasteiger partial charge in [0.2, 0.25) is 5.91 Å². The highest BCUT2D eigenvalue weighted by molar-refractivity contribution is 6.01. The lowest BCUT2D eigenvalue weighted by atomic mass is 10.2. The van der Waals surface area contributed by atoms with Crippen LogP contribution in [0.5, 0.6) is 0 Å². The molecule has 0 atom stereocenters. The molecule has 146 valence electrons. The Bertz CT molecular complexity index is 1020. The smallest absolute Gasteiger partial charge is 0.259 e. The Morgan fingerprint density at radius 1 is 1.21 bits per heavy atom. The van der Waals surface area contributed by atoms with Gasteiger partial charge < -0.3 is 14.7 Å². The van der Waals surface area contributed by atoms with E-state index in [-0.39, 0.29) is 18.4 Å². The molecule has 0 bridgehead atoms. The first-order valence-electron chi connectivity index (χ1n) is 9.06. The van der Waals surface area contributed by atoms with Crippen LogP contribution in [0, 0.1) is 13.8 Å². The summed E-state index contributed by atoms with van der Waals surface area (Å²) in [6, 6.07) is 3.44. The lowest BCUT2D eigenvalue weighted by Gasteiger charge is -2.34. The minimum atomic E-state index is -0.157. The molecular weight excluding hydrogens is 362 g/mol. The highest BCUT2D eigenvalue weighted by Gasteiger charge is 2.27. The Morgan fingerprint density at radius 3 is 2.71 bits per heavy atom. The molecule has 1 aliphatic rings. The van der Waals surface area contributed by atoms with E-state index in [1.807, 2.05) is 11.8 Å². The van der Waals surface area contributed by atoms with Crippen LogP contribution in [0.4, 0.5) is 5.82 Å². The molecule has 10 nitrogen and oxygen atoms in total. The number of aromatic nitrogens is 4. The van der Waals surface area contributed by atoms with Crippen molar-refractivity contribution < 1.29 is 14.1 Å². The molecule has 3 aromatic rings. The largest absolute Gasteiger partial charge is 0.360 e. The number of aryl methyl sites for hydroxylation is 2. The van der Waals surface area contributed by atoms with E-state index in [1.165, 1.54) is 0 Å². The van der Waals surface area contributed by atoms with Crippen LogP contribution >= 0.6 is 0 Å². The van der Waals surface area contributed by atoms with Gasteiger partial charge in [0.1, 0.15) is 11.3 Å². The predicted molar refractivity (Wildman–Crippen MR) is 99.9 cm³/mol. The number of nitrogens with one attached hydrogen (secondary N) is 1. The van der Waals surface area contributed by atoms with E-state index in [1.54, 1.807) is 40.9 Å². The summed E-state index contributed by atoms with van der Waals surface area (Å²) in [4.78, 5) is 33.2. The molecule has 1 aliphatic heterocycles. The van der Waals surface area contributed by atoms with E-state index in [0.717, 1.165) is 0 Å². The van der Waals surface area contributed by atoms with E-state index in [0.29, 0.717) is 54.7 Å². The highest BCUT2D eigenvalue weighted by Crippen LogP contribution is 2.17. The molecule has 0 unspecified atom stereocenters. The molecule has 3 aromatic heterocycles. The minimum Gasteiger partial charge on any atom is -0.360 e. The SMILES string of the molecule is Cc1cc(NC(=O)CN2CCN(C(=O)c3c(C)nn4cccnc34)CC2)no1. The number of carbonyl (C=O) groups is 2. The Balaban J connectivity index is 1.35. The summed E-state index contributed by atoms with van der Waals surface area (Å²) in [6.45, 7) is 6.13. The molecule has 0 aromatic carbocycles. The molecule has 2 amide bonds. The molecule has 10 heteroatoms. The average Bonchev–Trinajstić information content (AvgIpc) is 3.23. The quantitative estimate of drug-likeness (QED) is 0.707. The standard InChI is InChI=1S/C18H21N7O3/c1-12-10-14(22-28-12)20-15(26)11-23-6-8-24(9-7-23)18(27)16-13(2)21-25-5-3-4-19-17(16)25/h3-5,10H,6-9,11H2,1-2H3,(H,20,22,26). The van der Waals surface area contributed by atoms with Crippen molar-refractivity contribution in [1.29, 1.82) is 0 Å². The molecule has 1 fully saturated rings. The van der Waals surface area contributed by atoms with Crippen LogP contribution < -0.4 is 5.32 Å². The second-order valence-electron chi connectivity index (χ2n) is 6.79. The van der Waals surface area contributed by atoms with Crippen LogP contribution in [0.25, 0.3) is 5.65 Å². The van der Waals surface area contributed by atoms with Gasteiger partial charge in [-0.1, -0.05) is 5.16 Å². The van der Waals surface area contributed by atoms with Crippen molar-refractivity contribution in [1.82, 2.24) is 29.6 Å². The zero-order valence-electron chi connectivity index (χ0n) is 15.8. The number of amides is 2. The lowest BCUT2D eigenvalue weighted by Crippen LogP contribution is -2.50. The third-order valence-corrected chi connectivity index (χ3v) is 4.71. The number of hydrogen-bond acceptors (Lipinski definition) is 7. The van der Waals surface area contributed by atoms with Crippen molar-refractivity contribution in [2.24, 2.45) is 0 Å². The van der Waals surface area contributed by atoms with Gasteiger partial charge in [-0.15, -0.1) is 0 Å². The Hall–Kier alpha value is -3.27. The second kappa shape index (κ2) is 7.39. The fraction of sp³-hybridized carbons (Fsp3) is 0.389. The summed E-state index contributed by atoms with van der Waals surface area (Å²) < 4.78 is 6.56. The van der Waals surface area contributed by atoms with E-state index < -0.39 is 0 Å². The van der Waals surface area contributed by atoms with E-state index in [2.05, 4.69) is 20.6 Å². The maximum Gasteiger partial charge on any atom is 0.259 e. The molecule has 0 aliphatic carbocycles. The zero-order valence-corrected chi connectivity index (χ0v) is 15.8. The van der Waals surface area contributed by atoms with Crippen LogP contribution in [0.2, 0.25) is 0 Å². The molecule has 1 N–H and O–H groups in total. The van der Waals surface area contributed by atoms with E-state index in [4.69, 9.17) is 4.52 Å². The maximum atomic E-state index is 13.0. The maximum absolute atomic E-state index is 13.0. The first-order chi connectivity index (χ1) is 13.5. The Morgan fingerprint density at radius 2 is 2.00 bits per heavy atom. The number of rotatable bonds is 4. The van der Waals surface area contributed by atoms with Crippen LogP contribution in [-0.4, -0.2) is 74.1 Å². The van der Waals surface area contributed by atoms with Crippen LogP contribution in [0.3, 0.4) is 0 Å². The molecule has 1 saturated heterocycles. The normalized spacial score (nSPS) is 15.1. The van der Waals surface area contributed by atoms with Crippen molar-refractivity contribution in [3.8, 4) is 0 Å². The van der Waals surface area contributed by atoms with Crippen LogP contribution in [0.15, 0.2) is 29.0 Å². The predicted octanol–water partition coefficient (Wildman–Crippen LogP) is 0.731. The van der Waals surface area contributed by atoms with Gasteiger partial charge >= 0.3 is 0 Å². The first kappa shape index (κ1) is 18.1. The van der Waals surface area contributed by atoms with Crippen molar-refractivity contribution in [2.45, 2.75) is 13.8 Å². The monoisotopic (exact) mass is 383 g/mol. The molecular formula is C18H21N7O3. The first-order valence-corrected chi connectivity index (χ1v) is 9.06. The van der Waals surface area contributed by atoms with E-state index in [9.17, 15) is 9.59 Å². The van der Waals surface area contributed by atoms with Crippen LogP contribution in [0.1, 0.15) is 21.8 Å². The number of carbonyl (C=O) groups excluding carboxylic acids is 2. The Kier molecular flexibility index (Phi) is 4.78. The molecule has 0 spiro atoms. The average molecular weight is 383 g/mol. The van der Waals surface area contributed by atoms with Gasteiger partial charge in [-0.3, -0.25) is 14.5 Å². The van der Waals surface area contributed by atoms with Gasteiger partial charge in [0, 0.05) is 44.6 Å². The summed E-state index contributed by atoms with van der Waals surface area (Å²) in [5.41, 5.74) is 1.76. The van der Waals surface area contributed by atoms with Crippen molar-refractivity contribution in [2.75, 3.05) is 38.0 Å². The van der Waals surface area contributed by atoms with Crippen molar-refractivity contribution >= 4 is 23.3 Å². The van der Waals surface area contributed by atoms with Crippen molar-refractivity contribution in [3.05, 3.63) is 41.5 Å². The molecule has 0 saturated carbocycles. The summed E-state index contributed by atoms with van der Waals surface area (Å²) in [5.74, 6) is 0.816.